The number of rotatable bonds is 4. The standard InChI is InChI=1S/C17H17F3N4O4/c18-17(19,20)13-2-1-11(15(27)21-13)16(28)24-5-3-9(4-6-24)12-7-10(22-23-12)8-14(25)26/h1-2,7,9H,3-6,8H2,(H,21,27)(H,22,23)(H,25,26). The number of pyridine rings is 1. The zero-order valence-corrected chi connectivity index (χ0v) is 14.5. The number of aromatic nitrogens is 3. The molecule has 2 aromatic heterocycles. The molecule has 3 rings (SSSR count). The predicted molar refractivity (Wildman–Crippen MR) is 89.9 cm³/mol. The number of alkyl halides is 3. The van der Waals surface area contributed by atoms with Crippen LogP contribution in [-0.2, 0) is 17.4 Å². The number of aromatic amines is 2. The van der Waals surface area contributed by atoms with E-state index in [2.05, 4.69) is 10.2 Å². The van der Waals surface area contributed by atoms with Crippen LogP contribution in [0.25, 0.3) is 0 Å². The van der Waals surface area contributed by atoms with Gasteiger partial charge >= 0.3 is 12.1 Å². The number of hydrogen-bond donors (Lipinski definition) is 3. The molecule has 3 heterocycles. The number of halogens is 3. The second-order valence-corrected chi connectivity index (χ2v) is 6.57. The molecule has 0 aromatic carbocycles. The summed E-state index contributed by atoms with van der Waals surface area (Å²) in [4.78, 5) is 38.2. The SMILES string of the molecule is O=C(O)Cc1cc(C2CCN(C(=O)c3ccc(C(F)(F)F)[nH]c3=O)CC2)n[nH]1. The number of aliphatic carboxylic acids is 1. The molecule has 150 valence electrons. The van der Waals surface area contributed by atoms with E-state index in [0.29, 0.717) is 43.4 Å². The maximum atomic E-state index is 12.6. The summed E-state index contributed by atoms with van der Waals surface area (Å²) in [6.45, 7) is 0.621. The van der Waals surface area contributed by atoms with Crippen LogP contribution < -0.4 is 5.56 Å². The van der Waals surface area contributed by atoms with Gasteiger partial charge in [0.15, 0.2) is 0 Å². The molecular weight excluding hydrogens is 381 g/mol. The molecule has 3 N–H and O–H groups in total. The number of carbonyl (C=O) groups excluding carboxylic acids is 1. The summed E-state index contributed by atoms with van der Waals surface area (Å²) in [5.41, 5.74) is -1.43. The molecule has 1 fully saturated rings. The van der Waals surface area contributed by atoms with Crippen LogP contribution in [0.2, 0.25) is 0 Å². The van der Waals surface area contributed by atoms with E-state index in [0.717, 1.165) is 6.07 Å². The van der Waals surface area contributed by atoms with Crippen LogP contribution in [0, 0.1) is 0 Å². The number of carboxylic acids is 1. The zero-order valence-electron chi connectivity index (χ0n) is 14.5. The van der Waals surface area contributed by atoms with E-state index < -0.39 is 29.3 Å². The van der Waals surface area contributed by atoms with E-state index in [1.165, 1.54) is 4.90 Å². The largest absolute Gasteiger partial charge is 0.481 e. The fraction of sp³-hybridized carbons (Fsp3) is 0.412. The minimum absolute atomic E-state index is 0.0220. The lowest BCUT2D eigenvalue weighted by molar-refractivity contribution is -0.141. The first-order chi connectivity index (χ1) is 13.1. The predicted octanol–water partition coefficient (Wildman–Crippen LogP) is 1.76. The molecule has 1 saturated heterocycles. The summed E-state index contributed by atoms with van der Waals surface area (Å²) in [5, 5.41) is 15.6. The summed E-state index contributed by atoms with van der Waals surface area (Å²) in [6, 6.07) is 3.24. The van der Waals surface area contributed by atoms with E-state index in [1.807, 2.05) is 0 Å². The highest BCUT2D eigenvalue weighted by molar-refractivity contribution is 5.93. The smallest absolute Gasteiger partial charge is 0.431 e. The molecule has 1 aliphatic rings. The first-order valence-electron chi connectivity index (χ1n) is 8.51. The number of piperidine rings is 1. The molecule has 0 atom stereocenters. The number of carboxylic acid groups (broad SMARTS) is 1. The molecule has 0 radical (unpaired) electrons. The van der Waals surface area contributed by atoms with Crippen molar-refractivity contribution < 1.29 is 27.9 Å². The minimum atomic E-state index is -4.69. The Balaban J connectivity index is 1.65. The van der Waals surface area contributed by atoms with Crippen molar-refractivity contribution in [1.29, 1.82) is 0 Å². The van der Waals surface area contributed by atoms with Crippen molar-refractivity contribution in [2.24, 2.45) is 0 Å². The summed E-state index contributed by atoms with van der Waals surface area (Å²) in [7, 11) is 0. The normalized spacial score (nSPS) is 15.6. The summed E-state index contributed by atoms with van der Waals surface area (Å²) in [6.07, 6.45) is -3.77. The maximum Gasteiger partial charge on any atom is 0.431 e. The number of nitrogens with zero attached hydrogens (tertiary/aromatic N) is 2. The number of carbonyl (C=O) groups is 2. The monoisotopic (exact) mass is 398 g/mol. The lowest BCUT2D eigenvalue weighted by Gasteiger charge is -2.31. The highest BCUT2D eigenvalue weighted by atomic mass is 19.4. The van der Waals surface area contributed by atoms with Gasteiger partial charge in [-0.15, -0.1) is 0 Å². The van der Waals surface area contributed by atoms with Gasteiger partial charge in [0.2, 0.25) is 0 Å². The average molecular weight is 398 g/mol. The van der Waals surface area contributed by atoms with Gasteiger partial charge in [0.1, 0.15) is 11.3 Å². The van der Waals surface area contributed by atoms with E-state index in [1.54, 1.807) is 11.1 Å². The number of hydrogen-bond acceptors (Lipinski definition) is 4. The third kappa shape index (κ3) is 4.24. The maximum absolute atomic E-state index is 12.6. The van der Waals surface area contributed by atoms with Gasteiger partial charge < -0.3 is 15.0 Å². The molecule has 0 unspecified atom stereocenters. The van der Waals surface area contributed by atoms with Gasteiger partial charge in [-0.2, -0.15) is 18.3 Å². The molecule has 2 aromatic rings. The summed E-state index contributed by atoms with van der Waals surface area (Å²) < 4.78 is 37.9. The highest BCUT2D eigenvalue weighted by Gasteiger charge is 2.33. The van der Waals surface area contributed by atoms with E-state index in [9.17, 15) is 27.6 Å². The van der Waals surface area contributed by atoms with Gasteiger partial charge in [-0.05, 0) is 31.0 Å². The van der Waals surface area contributed by atoms with Crippen LogP contribution in [0.1, 0.15) is 46.2 Å². The van der Waals surface area contributed by atoms with Crippen molar-refractivity contribution in [1.82, 2.24) is 20.1 Å². The van der Waals surface area contributed by atoms with Crippen molar-refractivity contribution in [3.05, 3.63) is 51.2 Å². The Bertz CT molecular complexity index is 942. The van der Waals surface area contributed by atoms with Crippen molar-refractivity contribution in [2.45, 2.75) is 31.4 Å². The minimum Gasteiger partial charge on any atom is -0.481 e. The molecule has 8 nitrogen and oxygen atoms in total. The lowest BCUT2D eigenvalue weighted by Crippen LogP contribution is -2.40. The molecule has 0 bridgehead atoms. The van der Waals surface area contributed by atoms with Gasteiger partial charge in [0.25, 0.3) is 11.5 Å². The molecule has 0 aliphatic carbocycles. The molecule has 28 heavy (non-hydrogen) atoms. The molecular formula is C17H17F3N4O4. The fourth-order valence-corrected chi connectivity index (χ4v) is 3.20. The Labute approximate surface area is 156 Å². The molecule has 11 heteroatoms. The van der Waals surface area contributed by atoms with Crippen molar-refractivity contribution in [2.75, 3.05) is 13.1 Å². The number of amides is 1. The number of nitrogens with one attached hydrogen (secondary N) is 2. The second-order valence-electron chi connectivity index (χ2n) is 6.57. The van der Waals surface area contributed by atoms with Crippen LogP contribution in [0.15, 0.2) is 23.0 Å². The van der Waals surface area contributed by atoms with Crippen LogP contribution in [0.3, 0.4) is 0 Å². The summed E-state index contributed by atoms with van der Waals surface area (Å²) in [5.74, 6) is -1.58. The van der Waals surface area contributed by atoms with E-state index in [4.69, 9.17) is 5.11 Å². The zero-order chi connectivity index (χ0) is 20.5. The molecule has 1 amide bonds. The fourth-order valence-electron chi connectivity index (χ4n) is 3.20. The summed E-state index contributed by atoms with van der Waals surface area (Å²) >= 11 is 0. The van der Waals surface area contributed by atoms with Crippen LogP contribution in [0.5, 0.6) is 0 Å². The average Bonchev–Trinajstić information content (AvgIpc) is 3.08. The topological polar surface area (TPSA) is 119 Å². The van der Waals surface area contributed by atoms with Crippen molar-refractivity contribution in [3.63, 3.8) is 0 Å². The number of likely N-dealkylation sites (tertiary alicyclic amines) is 1. The van der Waals surface area contributed by atoms with Crippen molar-refractivity contribution >= 4 is 11.9 Å². The molecule has 0 spiro atoms. The Hall–Kier alpha value is -3.11. The third-order valence-electron chi connectivity index (χ3n) is 4.64. The van der Waals surface area contributed by atoms with Crippen LogP contribution >= 0.6 is 0 Å². The van der Waals surface area contributed by atoms with E-state index >= 15 is 0 Å². The van der Waals surface area contributed by atoms with Gasteiger partial charge in [0.05, 0.1) is 12.1 Å². The van der Waals surface area contributed by atoms with Gasteiger partial charge in [-0.1, -0.05) is 0 Å². The Kier molecular flexibility index (Phi) is 5.25. The molecule has 1 aliphatic heterocycles. The van der Waals surface area contributed by atoms with Gasteiger partial charge in [-0.3, -0.25) is 19.5 Å². The Morgan fingerprint density at radius 3 is 2.50 bits per heavy atom. The first-order valence-corrected chi connectivity index (χ1v) is 8.51. The van der Waals surface area contributed by atoms with E-state index in [-0.39, 0.29) is 17.9 Å². The third-order valence-corrected chi connectivity index (χ3v) is 4.64. The van der Waals surface area contributed by atoms with Crippen LogP contribution in [0.4, 0.5) is 13.2 Å². The van der Waals surface area contributed by atoms with Gasteiger partial charge in [-0.25, -0.2) is 0 Å². The first kappa shape index (κ1) is 19.6. The quantitative estimate of drug-likeness (QED) is 0.725. The second kappa shape index (κ2) is 7.49. The Morgan fingerprint density at radius 1 is 1.25 bits per heavy atom. The van der Waals surface area contributed by atoms with Crippen LogP contribution in [-0.4, -0.2) is 50.2 Å². The lowest BCUT2D eigenvalue weighted by atomic mass is 9.93. The number of H-pyrrole nitrogens is 2. The van der Waals surface area contributed by atoms with Gasteiger partial charge in [0, 0.05) is 24.7 Å². The molecule has 0 saturated carbocycles. The highest BCUT2D eigenvalue weighted by Crippen LogP contribution is 2.28. The van der Waals surface area contributed by atoms with Crippen molar-refractivity contribution in [3.8, 4) is 0 Å². The Morgan fingerprint density at radius 2 is 1.93 bits per heavy atom.